The Bertz CT molecular complexity index is 588. The highest BCUT2D eigenvalue weighted by molar-refractivity contribution is 7.89. The minimum atomic E-state index is -3.90. The number of sulfonamides is 1. The highest BCUT2D eigenvalue weighted by atomic mass is 35.5. The second-order valence-corrected chi connectivity index (χ2v) is 6.48. The molecule has 0 bridgehead atoms. The number of aliphatic carboxylic acids is 1. The van der Waals surface area contributed by atoms with Crippen LogP contribution in [0.5, 0.6) is 0 Å². The van der Waals surface area contributed by atoms with E-state index in [4.69, 9.17) is 21.4 Å². The molecule has 8 heteroatoms. The first kappa shape index (κ1) is 16.9. The Hall–Kier alpha value is -1.15. The van der Waals surface area contributed by atoms with Crippen LogP contribution in [0.15, 0.2) is 23.1 Å². The van der Waals surface area contributed by atoms with Gasteiger partial charge >= 0.3 is 5.97 Å². The van der Waals surface area contributed by atoms with Gasteiger partial charge in [0, 0.05) is 18.7 Å². The molecular formula is C12H16ClNO5S. The zero-order valence-electron chi connectivity index (χ0n) is 11.2. The molecule has 0 aliphatic rings. The van der Waals surface area contributed by atoms with Gasteiger partial charge in [0.05, 0.1) is 11.5 Å². The maximum Gasteiger partial charge on any atom is 0.318 e. The molecule has 1 aromatic rings. The average Bonchev–Trinajstić information content (AvgIpc) is 2.33. The van der Waals surface area contributed by atoms with Gasteiger partial charge < -0.3 is 9.84 Å². The van der Waals surface area contributed by atoms with Crippen LogP contribution in [0.1, 0.15) is 5.56 Å². The summed E-state index contributed by atoms with van der Waals surface area (Å²) < 4.78 is 30.6. The van der Waals surface area contributed by atoms with Gasteiger partial charge in [0.2, 0.25) is 10.0 Å². The van der Waals surface area contributed by atoms with E-state index in [-0.39, 0.29) is 18.0 Å². The van der Waals surface area contributed by atoms with E-state index in [1.165, 1.54) is 25.3 Å². The number of hydrogen-bond acceptors (Lipinski definition) is 4. The van der Waals surface area contributed by atoms with Gasteiger partial charge in [0.25, 0.3) is 0 Å². The number of carboxylic acid groups (broad SMARTS) is 1. The van der Waals surface area contributed by atoms with Gasteiger partial charge in [-0.15, -0.1) is 0 Å². The number of aryl methyl sites for hydroxylation is 1. The Kier molecular flexibility index (Phi) is 5.94. The third kappa shape index (κ3) is 4.17. The van der Waals surface area contributed by atoms with Crippen molar-refractivity contribution in [1.82, 2.24) is 4.31 Å². The lowest BCUT2D eigenvalue weighted by atomic mass is 10.2. The highest BCUT2D eigenvalue weighted by Gasteiger charge is 2.27. The average molecular weight is 322 g/mol. The number of hydrogen-bond donors (Lipinski definition) is 1. The maximum absolute atomic E-state index is 12.5. The molecule has 112 valence electrons. The number of ether oxygens (including phenoxy) is 1. The zero-order valence-corrected chi connectivity index (χ0v) is 12.7. The Labute approximate surface area is 123 Å². The van der Waals surface area contributed by atoms with E-state index in [2.05, 4.69) is 0 Å². The maximum atomic E-state index is 12.5. The molecule has 0 saturated carbocycles. The Morgan fingerprint density at radius 3 is 2.60 bits per heavy atom. The lowest BCUT2D eigenvalue weighted by Gasteiger charge is -2.21. The largest absolute Gasteiger partial charge is 0.480 e. The van der Waals surface area contributed by atoms with E-state index in [9.17, 15) is 13.2 Å². The molecule has 1 N–H and O–H groups in total. The normalized spacial score (nSPS) is 11.8. The van der Waals surface area contributed by atoms with Crippen molar-refractivity contribution in [3.8, 4) is 0 Å². The topological polar surface area (TPSA) is 83.9 Å². The SMILES string of the molecule is COCCN(CC(=O)O)S(=O)(=O)c1ccc(Cl)cc1C. The fourth-order valence-electron chi connectivity index (χ4n) is 1.67. The highest BCUT2D eigenvalue weighted by Crippen LogP contribution is 2.22. The molecule has 0 saturated heterocycles. The number of nitrogens with zero attached hydrogens (tertiary/aromatic N) is 1. The van der Waals surface area contributed by atoms with Crippen molar-refractivity contribution < 1.29 is 23.1 Å². The molecule has 0 atom stereocenters. The van der Waals surface area contributed by atoms with Crippen molar-refractivity contribution in [3.05, 3.63) is 28.8 Å². The van der Waals surface area contributed by atoms with Gasteiger partial charge in [-0.2, -0.15) is 4.31 Å². The molecular weight excluding hydrogens is 306 g/mol. The minimum Gasteiger partial charge on any atom is -0.480 e. The summed E-state index contributed by atoms with van der Waals surface area (Å²) >= 11 is 5.79. The molecule has 0 unspecified atom stereocenters. The molecule has 1 aromatic carbocycles. The summed E-state index contributed by atoms with van der Waals surface area (Å²) in [6, 6.07) is 4.34. The standard InChI is InChI=1S/C12H16ClNO5S/c1-9-7-10(13)3-4-11(9)20(17,18)14(5-6-19-2)8-12(15)16/h3-4,7H,5-6,8H2,1-2H3,(H,15,16). The van der Waals surface area contributed by atoms with E-state index >= 15 is 0 Å². The molecule has 0 amide bonds. The Morgan fingerprint density at radius 1 is 1.45 bits per heavy atom. The molecule has 6 nitrogen and oxygen atoms in total. The van der Waals surface area contributed by atoms with Crippen molar-refractivity contribution in [2.45, 2.75) is 11.8 Å². The molecule has 0 radical (unpaired) electrons. The van der Waals surface area contributed by atoms with Crippen LogP contribution < -0.4 is 0 Å². The Balaban J connectivity index is 3.17. The van der Waals surface area contributed by atoms with Crippen molar-refractivity contribution in [3.63, 3.8) is 0 Å². The lowest BCUT2D eigenvalue weighted by Crippen LogP contribution is -2.38. The fraction of sp³-hybridized carbons (Fsp3) is 0.417. The van der Waals surface area contributed by atoms with Gasteiger partial charge in [0.1, 0.15) is 6.54 Å². The molecule has 1 rings (SSSR count). The predicted octanol–water partition coefficient (Wildman–Crippen LogP) is 1.37. The molecule has 0 fully saturated rings. The molecule has 20 heavy (non-hydrogen) atoms. The van der Waals surface area contributed by atoms with Crippen LogP contribution in [0.4, 0.5) is 0 Å². The van der Waals surface area contributed by atoms with E-state index < -0.39 is 22.5 Å². The number of carbonyl (C=O) groups is 1. The van der Waals surface area contributed by atoms with Gasteiger partial charge in [0.15, 0.2) is 0 Å². The van der Waals surface area contributed by atoms with Gasteiger partial charge in [-0.1, -0.05) is 11.6 Å². The van der Waals surface area contributed by atoms with Crippen molar-refractivity contribution in [2.75, 3.05) is 26.8 Å². The molecule has 0 aromatic heterocycles. The van der Waals surface area contributed by atoms with Crippen LogP contribution in [0.2, 0.25) is 5.02 Å². The minimum absolute atomic E-state index is 0.0345. The van der Waals surface area contributed by atoms with E-state index in [0.717, 1.165) is 4.31 Å². The Morgan fingerprint density at radius 2 is 2.10 bits per heavy atom. The van der Waals surface area contributed by atoms with Crippen molar-refractivity contribution in [1.29, 1.82) is 0 Å². The van der Waals surface area contributed by atoms with Crippen LogP contribution in [0, 0.1) is 6.92 Å². The molecule has 0 spiro atoms. The summed E-state index contributed by atoms with van der Waals surface area (Å²) in [5.74, 6) is -1.23. The number of rotatable bonds is 7. The summed E-state index contributed by atoms with van der Waals surface area (Å²) in [4.78, 5) is 10.9. The summed E-state index contributed by atoms with van der Waals surface area (Å²) in [6.07, 6.45) is 0. The van der Waals surface area contributed by atoms with Crippen LogP contribution in [-0.2, 0) is 19.6 Å². The smallest absolute Gasteiger partial charge is 0.318 e. The number of methoxy groups -OCH3 is 1. The summed E-state index contributed by atoms with van der Waals surface area (Å²) in [5, 5.41) is 9.26. The zero-order chi connectivity index (χ0) is 15.3. The van der Waals surface area contributed by atoms with Crippen LogP contribution in [-0.4, -0.2) is 50.6 Å². The van der Waals surface area contributed by atoms with E-state index in [1.54, 1.807) is 6.92 Å². The molecule has 0 aliphatic carbocycles. The van der Waals surface area contributed by atoms with Crippen LogP contribution in [0.3, 0.4) is 0 Å². The van der Waals surface area contributed by atoms with Gasteiger partial charge in [-0.05, 0) is 30.7 Å². The van der Waals surface area contributed by atoms with Crippen LogP contribution in [0.25, 0.3) is 0 Å². The van der Waals surface area contributed by atoms with Gasteiger partial charge in [-0.25, -0.2) is 8.42 Å². The first-order chi connectivity index (χ1) is 9.28. The second kappa shape index (κ2) is 7.03. The predicted molar refractivity (Wildman–Crippen MR) is 74.5 cm³/mol. The molecule has 0 heterocycles. The van der Waals surface area contributed by atoms with Crippen molar-refractivity contribution in [2.24, 2.45) is 0 Å². The first-order valence-corrected chi connectivity index (χ1v) is 7.58. The van der Waals surface area contributed by atoms with E-state index in [1.807, 2.05) is 0 Å². The summed E-state index contributed by atoms with van der Waals surface area (Å²) in [7, 11) is -2.49. The van der Waals surface area contributed by atoms with Gasteiger partial charge in [-0.3, -0.25) is 4.79 Å². The monoisotopic (exact) mass is 321 g/mol. The number of carboxylic acids is 1. The summed E-state index contributed by atoms with van der Waals surface area (Å²) in [6.45, 7) is 1.06. The van der Waals surface area contributed by atoms with Crippen molar-refractivity contribution >= 4 is 27.6 Å². The lowest BCUT2D eigenvalue weighted by molar-refractivity contribution is -0.137. The van der Waals surface area contributed by atoms with E-state index in [0.29, 0.717) is 10.6 Å². The molecule has 0 aliphatic heterocycles. The first-order valence-electron chi connectivity index (χ1n) is 5.76. The third-order valence-electron chi connectivity index (χ3n) is 2.61. The van der Waals surface area contributed by atoms with Crippen LogP contribution >= 0.6 is 11.6 Å². The number of halogens is 1. The fourth-order valence-corrected chi connectivity index (χ4v) is 3.48. The quantitative estimate of drug-likeness (QED) is 0.820. The number of benzene rings is 1. The summed E-state index contributed by atoms with van der Waals surface area (Å²) in [5.41, 5.74) is 0.463. The second-order valence-electron chi connectivity index (χ2n) is 4.13. The third-order valence-corrected chi connectivity index (χ3v) is 4.85.